The minimum atomic E-state index is 0.284. The Kier molecular flexibility index (Phi) is 2.79. The van der Waals surface area contributed by atoms with Crippen molar-refractivity contribution in [1.82, 2.24) is 4.90 Å². The molecule has 1 saturated heterocycles. The normalized spacial score (nSPS) is 32.8. The third-order valence-corrected chi connectivity index (χ3v) is 2.85. The van der Waals surface area contributed by atoms with Crippen LogP contribution in [0.5, 0.6) is 0 Å². The summed E-state index contributed by atoms with van der Waals surface area (Å²) in [5.74, 6) is 0. The van der Waals surface area contributed by atoms with Gasteiger partial charge in [-0.15, -0.1) is 0 Å². The summed E-state index contributed by atoms with van der Waals surface area (Å²) >= 11 is 0. The van der Waals surface area contributed by atoms with Crippen molar-refractivity contribution in [2.45, 2.75) is 51.8 Å². The average Bonchev–Trinajstić information content (AvgIpc) is 2.29. The summed E-state index contributed by atoms with van der Waals surface area (Å²) in [6.45, 7) is 10.2. The number of nitrogens with zero attached hydrogens (tertiary/aromatic N) is 1. The van der Waals surface area contributed by atoms with Crippen LogP contribution >= 0.6 is 0 Å². The molecule has 0 aromatic carbocycles. The molecule has 0 amide bonds. The molecule has 1 aliphatic heterocycles. The number of hydrogen-bond acceptors (Lipinski definition) is 2. The van der Waals surface area contributed by atoms with Crippen molar-refractivity contribution in [2.24, 2.45) is 0 Å². The van der Waals surface area contributed by atoms with Gasteiger partial charge < -0.3 is 4.74 Å². The zero-order chi connectivity index (χ0) is 9.35. The Hall–Kier alpha value is -0.0800. The fourth-order valence-electron chi connectivity index (χ4n) is 2.17. The van der Waals surface area contributed by atoms with Crippen molar-refractivity contribution in [3.63, 3.8) is 0 Å². The van der Waals surface area contributed by atoms with Crippen molar-refractivity contribution in [1.29, 1.82) is 0 Å². The maximum atomic E-state index is 5.41. The van der Waals surface area contributed by atoms with Crippen LogP contribution in [0.15, 0.2) is 0 Å². The van der Waals surface area contributed by atoms with Crippen LogP contribution in [-0.4, -0.2) is 36.2 Å². The molecule has 0 saturated carbocycles. The molecule has 1 heterocycles. The first-order chi connectivity index (χ1) is 5.46. The predicted molar refractivity (Wildman–Crippen MR) is 51.3 cm³/mol. The Morgan fingerprint density at radius 2 is 1.92 bits per heavy atom. The average molecular weight is 171 g/mol. The Morgan fingerprint density at radius 1 is 1.33 bits per heavy atom. The van der Waals surface area contributed by atoms with Gasteiger partial charge in [-0.1, -0.05) is 0 Å². The molecule has 2 heteroatoms. The zero-order valence-corrected chi connectivity index (χ0v) is 8.92. The van der Waals surface area contributed by atoms with Gasteiger partial charge >= 0.3 is 0 Å². The molecule has 72 valence electrons. The smallest absolute Gasteiger partial charge is 0.0736 e. The third kappa shape index (κ3) is 1.80. The molecule has 2 nitrogen and oxygen atoms in total. The highest BCUT2D eigenvalue weighted by molar-refractivity contribution is 4.91. The van der Waals surface area contributed by atoms with E-state index in [0.29, 0.717) is 12.1 Å². The van der Waals surface area contributed by atoms with Crippen LogP contribution in [0.4, 0.5) is 0 Å². The van der Waals surface area contributed by atoms with Crippen molar-refractivity contribution in [2.75, 3.05) is 13.7 Å². The molecule has 2 atom stereocenters. The SMILES string of the molecule is COC1CCN(C(C)(C)C)[C@@H]1C. The van der Waals surface area contributed by atoms with Crippen LogP contribution in [0.3, 0.4) is 0 Å². The van der Waals surface area contributed by atoms with Crippen LogP contribution in [0.25, 0.3) is 0 Å². The first-order valence-electron chi connectivity index (χ1n) is 4.76. The summed E-state index contributed by atoms with van der Waals surface area (Å²) in [5.41, 5.74) is 0.284. The van der Waals surface area contributed by atoms with E-state index in [9.17, 15) is 0 Å². The Morgan fingerprint density at radius 3 is 2.17 bits per heavy atom. The predicted octanol–water partition coefficient (Wildman–Crippen LogP) is 1.89. The van der Waals surface area contributed by atoms with Crippen LogP contribution in [0, 0.1) is 0 Å². The van der Waals surface area contributed by atoms with Gasteiger partial charge in [0.05, 0.1) is 6.10 Å². The van der Waals surface area contributed by atoms with E-state index < -0.39 is 0 Å². The van der Waals surface area contributed by atoms with Gasteiger partial charge in [0.15, 0.2) is 0 Å². The first-order valence-corrected chi connectivity index (χ1v) is 4.76. The fraction of sp³-hybridized carbons (Fsp3) is 1.00. The second-order valence-corrected chi connectivity index (χ2v) is 4.67. The number of rotatable bonds is 1. The third-order valence-electron chi connectivity index (χ3n) is 2.85. The van der Waals surface area contributed by atoms with Gasteiger partial charge in [-0.25, -0.2) is 0 Å². The van der Waals surface area contributed by atoms with Crippen molar-refractivity contribution in [3.05, 3.63) is 0 Å². The molecule has 0 aromatic rings. The largest absolute Gasteiger partial charge is 0.380 e. The molecule has 1 rings (SSSR count). The molecule has 12 heavy (non-hydrogen) atoms. The summed E-state index contributed by atoms with van der Waals surface area (Å²) < 4.78 is 5.41. The lowest BCUT2D eigenvalue weighted by molar-refractivity contribution is 0.0444. The Bertz CT molecular complexity index is 150. The van der Waals surface area contributed by atoms with Gasteiger partial charge in [0, 0.05) is 25.2 Å². The van der Waals surface area contributed by atoms with Crippen LogP contribution in [-0.2, 0) is 4.74 Å². The van der Waals surface area contributed by atoms with Gasteiger partial charge in [0.25, 0.3) is 0 Å². The molecule has 1 unspecified atom stereocenters. The second kappa shape index (κ2) is 3.35. The number of likely N-dealkylation sites (tertiary alicyclic amines) is 1. The molecular weight excluding hydrogens is 150 g/mol. The highest BCUT2D eigenvalue weighted by Crippen LogP contribution is 2.27. The van der Waals surface area contributed by atoms with Crippen molar-refractivity contribution in [3.8, 4) is 0 Å². The number of ether oxygens (including phenoxy) is 1. The van der Waals surface area contributed by atoms with Crippen LogP contribution < -0.4 is 0 Å². The van der Waals surface area contributed by atoms with E-state index in [1.54, 1.807) is 0 Å². The molecule has 0 N–H and O–H groups in total. The maximum absolute atomic E-state index is 5.41. The zero-order valence-electron chi connectivity index (χ0n) is 8.92. The molecule has 0 radical (unpaired) electrons. The summed E-state index contributed by atoms with van der Waals surface area (Å²) in [7, 11) is 1.81. The van der Waals surface area contributed by atoms with Gasteiger partial charge in [0.1, 0.15) is 0 Å². The quantitative estimate of drug-likeness (QED) is 0.597. The van der Waals surface area contributed by atoms with Gasteiger partial charge in [0.2, 0.25) is 0 Å². The van der Waals surface area contributed by atoms with Crippen LogP contribution in [0.1, 0.15) is 34.1 Å². The van der Waals surface area contributed by atoms with Gasteiger partial charge in [-0.3, -0.25) is 4.90 Å². The van der Waals surface area contributed by atoms with E-state index in [4.69, 9.17) is 4.74 Å². The number of hydrogen-bond donors (Lipinski definition) is 0. The van der Waals surface area contributed by atoms with E-state index in [1.807, 2.05) is 7.11 Å². The summed E-state index contributed by atoms with van der Waals surface area (Å²) in [4.78, 5) is 2.52. The van der Waals surface area contributed by atoms with Gasteiger partial charge in [-0.05, 0) is 34.1 Å². The van der Waals surface area contributed by atoms with E-state index in [0.717, 1.165) is 0 Å². The highest BCUT2D eigenvalue weighted by atomic mass is 16.5. The molecule has 1 fully saturated rings. The molecular formula is C10H21NO. The van der Waals surface area contributed by atoms with Gasteiger partial charge in [-0.2, -0.15) is 0 Å². The summed E-state index contributed by atoms with van der Waals surface area (Å²) in [6.07, 6.45) is 1.61. The summed E-state index contributed by atoms with van der Waals surface area (Å²) in [5, 5.41) is 0. The lowest BCUT2D eigenvalue weighted by Gasteiger charge is -2.36. The maximum Gasteiger partial charge on any atom is 0.0736 e. The molecule has 1 aliphatic rings. The van der Waals surface area contributed by atoms with Crippen molar-refractivity contribution < 1.29 is 4.74 Å². The van der Waals surface area contributed by atoms with E-state index in [-0.39, 0.29) is 5.54 Å². The molecule has 0 bridgehead atoms. The molecule has 0 aliphatic carbocycles. The lowest BCUT2D eigenvalue weighted by Crippen LogP contribution is -2.45. The second-order valence-electron chi connectivity index (χ2n) is 4.67. The highest BCUT2D eigenvalue weighted by Gasteiger charge is 2.36. The Labute approximate surface area is 75.9 Å². The minimum absolute atomic E-state index is 0.284. The first kappa shape index (κ1) is 10.0. The minimum Gasteiger partial charge on any atom is -0.380 e. The molecule has 0 spiro atoms. The monoisotopic (exact) mass is 171 g/mol. The van der Waals surface area contributed by atoms with E-state index >= 15 is 0 Å². The van der Waals surface area contributed by atoms with E-state index in [1.165, 1.54) is 13.0 Å². The van der Waals surface area contributed by atoms with Crippen molar-refractivity contribution >= 4 is 0 Å². The summed E-state index contributed by atoms with van der Waals surface area (Å²) in [6, 6.07) is 0.565. The topological polar surface area (TPSA) is 12.5 Å². The number of methoxy groups -OCH3 is 1. The standard InChI is InChI=1S/C10H21NO/c1-8-9(12-5)6-7-11(8)10(2,3)4/h8-9H,6-7H2,1-5H3/t8-,9?/m1/s1. The van der Waals surface area contributed by atoms with E-state index in [2.05, 4.69) is 32.6 Å². The molecule has 0 aromatic heterocycles. The lowest BCUT2D eigenvalue weighted by atomic mass is 10.0. The Balaban J connectivity index is 2.61. The fourth-order valence-corrected chi connectivity index (χ4v) is 2.17. The van der Waals surface area contributed by atoms with Crippen LogP contribution in [0.2, 0.25) is 0 Å².